The van der Waals surface area contributed by atoms with E-state index < -0.39 is 6.17 Å². The van der Waals surface area contributed by atoms with Gasteiger partial charge >= 0.3 is 0 Å². The maximum Gasteiger partial charge on any atom is 0.258 e. The van der Waals surface area contributed by atoms with Gasteiger partial charge in [0.1, 0.15) is 11.8 Å². The fourth-order valence-corrected chi connectivity index (χ4v) is 2.90. The minimum Gasteiger partial charge on any atom is -0.395 e. The number of rotatable bonds is 3. The Bertz CT molecular complexity index is 716. The van der Waals surface area contributed by atoms with Crippen molar-refractivity contribution >= 4 is 5.65 Å². The van der Waals surface area contributed by atoms with E-state index in [-0.39, 0.29) is 24.8 Å². The molecule has 3 heterocycles. The predicted octanol–water partition coefficient (Wildman–Crippen LogP) is 0.908. The van der Waals surface area contributed by atoms with Crippen molar-refractivity contribution in [2.24, 2.45) is 0 Å². The van der Waals surface area contributed by atoms with Crippen LogP contribution in [0.4, 0.5) is 4.39 Å². The summed E-state index contributed by atoms with van der Waals surface area (Å²) in [5, 5.41) is 9.31. The highest BCUT2D eigenvalue weighted by Gasteiger charge is 2.31. The quantitative estimate of drug-likeness (QED) is 0.913. The topological polar surface area (TPSA) is 57.8 Å². The zero-order chi connectivity index (χ0) is 15.0. The smallest absolute Gasteiger partial charge is 0.258 e. The van der Waals surface area contributed by atoms with Crippen LogP contribution < -0.4 is 5.56 Å². The van der Waals surface area contributed by atoms with Crippen LogP contribution in [-0.4, -0.2) is 44.8 Å². The van der Waals surface area contributed by atoms with Gasteiger partial charge in [0.05, 0.1) is 12.3 Å². The molecule has 0 aromatic carbocycles. The Morgan fingerprint density at radius 2 is 2.33 bits per heavy atom. The minimum atomic E-state index is -0.926. The zero-order valence-electron chi connectivity index (χ0n) is 11.9. The Morgan fingerprint density at radius 3 is 3.10 bits per heavy atom. The van der Waals surface area contributed by atoms with Gasteiger partial charge in [0.15, 0.2) is 0 Å². The molecule has 2 aromatic heterocycles. The monoisotopic (exact) mass is 291 g/mol. The molecule has 0 unspecified atom stereocenters. The Morgan fingerprint density at radius 1 is 1.52 bits per heavy atom. The number of aliphatic hydroxyl groups excluding tert-OH is 1. The third-order valence-electron chi connectivity index (χ3n) is 3.99. The van der Waals surface area contributed by atoms with E-state index in [1.54, 1.807) is 12.3 Å². The second kappa shape index (κ2) is 5.54. The van der Waals surface area contributed by atoms with Crippen molar-refractivity contribution in [3.63, 3.8) is 0 Å². The molecule has 1 fully saturated rings. The summed E-state index contributed by atoms with van der Waals surface area (Å²) in [7, 11) is 0. The fourth-order valence-electron chi connectivity index (χ4n) is 2.90. The van der Waals surface area contributed by atoms with Crippen LogP contribution >= 0.6 is 0 Å². The third kappa shape index (κ3) is 2.69. The average molecular weight is 291 g/mol. The first kappa shape index (κ1) is 14.2. The first-order valence-corrected chi connectivity index (χ1v) is 7.05. The third-order valence-corrected chi connectivity index (χ3v) is 3.99. The van der Waals surface area contributed by atoms with Crippen molar-refractivity contribution < 1.29 is 9.50 Å². The fraction of sp³-hybridized carbons (Fsp3) is 0.467. The number of likely N-dealkylation sites (tertiary alicyclic amines) is 1. The molecule has 1 N–H and O–H groups in total. The number of halogens is 1. The van der Waals surface area contributed by atoms with E-state index in [0.717, 1.165) is 5.56 Å². The van der Waals surface area contributed by atoms with Crippen LogP contribution in [-0.2, 0) is 6.54 Å². The lowest BCUT2D eigenvalue weighted by atomic mass is 10.2. The Hall–Kier alpha value is -1.79. The molecule has 1 aliphatic heterocycles. The highest BCUT2D eigenvalue weighted by molar-refractivity contribution is 5.46. The number of aliphatic hydroxyl groups is 1. The lowest BCUT2D eigenvalue weighted by molar-refractivity contribution is 0.152. The van der Waals surface area contributed by atoms with Crippen molar-refractivity contribution in [1.29, 1.82) is 0 Å². The van der Waals surface area contributed by atoms with Crippen molar-refractivity contribution in [1.82, 2.24) is 14.3 Å². The van der Waals surface area contributed by atoms with Crippen LogP contribution in [0.15, 0.2) is 29.2 Å². The van der Waals surface area contributed by atoms with Gasteiger partial charge in [-0.25, -0.2) is 9.37 Å². The lowest BCUT2D eigenvalue weighted by Crippen LogP contribution is -2.32. The summed E-state index contributed by atoms with van der Waals surface area (Å²) in [6, 6.07) is 4.99. The van der Waals surface area contributed by atoms with Crippen LogP contribution in [0.5, 0.6) is 0 Å². The number of fused-ring (bicyclic) bond motifs is 1. The van der Waals surface area contributed by atoms with Crippen LogP contribution in [0.2, 0.25) is 0 Å². The van der Waals surface area contributed by atoms with Gasteiger partial charge in [-0.15, -0.1) is 0 Å². The highest BCUT2D eigenvalue weighted by atomic mass is 19.1. The Balaban J connectivity index is 1.95. The van der Waals surface area contributed by atoms with Crippen LogP contribution in [0.1, 0.15) is 17.7 Å². The first-order valence-electron chi connectivity index (χ1n) is 7.05. The molecule has 6 heteroatoms. The van der Waals surface area contributed by atoms with E-state index >= 15 is 0 Å². The normalized spacial score (nSPS) is 23.0. The molecule has 3 rings (SSSR count). The molecule has 21 heavy (non-hydrogen) atoms. The van der Waals surface area contributed by atoms with Crippen molar-refractivity contribution in [3.8, 4) is 0 Å². The van der Waals surface area contributed by atoms with Gasteiger partial charge in [-0.2, -0.15) is 0 Å². The summed E-state index contributed by atoms with van der Waals surface area (Å²) in [6.07, 6.45) is 1.10. The van der Waals surface area contributed by atoms with Gasteiger partial charge in [-0.1, -0.05) is 6.07 Å². The van der Waals surface area contributed by atoms with Crippen LogP contribution in [0, 0.1) is 6.92 Å². The van der Waals surface area contributed by atoms with Gasteiger partial charge in [0.25, 0.3) is 5.56 Å². The van der Waals surface area contributed by atoms with Crippen LogP contribution in [0.25, 0.3) is 5.65 Å². The Kier molecular flexibility index (Phi) is 3.73. The summed E-state index contributed by atoms with van der Waals surface area (Å²) in [5.41, 5.74) is 2.01. The van der Waals surface area contributed by atoms with Gasteiger partial charge in [-0.05, 0) is 25.0 Å². The molecule has 0 amide bonds. The van der Waals surface area contributed by atoms with Crippen LogP contribution in [0.3, 0.4) is 0 Å². The van der Waals surface area contributed by atoms with Gasteiger partial charge in [-0.3, -0.25) is 14.1 Å². The van der Waals surface area contributed by atoms with Gasteiger partial charge in [0, 0.05) is 31.4 Å². The number of alkyl halides is 1. The molecule has 1 aliphatic rings. The standard InChI is InChI=1S/C15H18FN3O2/c1-10-3-2-4-19-14(21)6-12(17-15(10)19)8-18-7-11(16)5-13(18)9-20/h2-4,6,11,13,20H,5,7-9H2,1H3/t11-,13-/m0/s1. The number of nitrogens with zero attached hydrogens (tertiary/aromatic N) is 3. The molecule has 0 spiro atoms. The van der Waals surface area contributed by atoms with E-state index in [1.165, 1.54) is 10.5 Å². The summed E-state index contributed by atoms with van der Waals surface area (Å²) < 4.78 is 15.0. The highest BCUT2D eigenvalue weighted by Crippen LogP contribution is 2.21. The number of hydrogen-bond acceptors (Lipinski definition) is 4. The largest absolute Gasteiger partial charge is 0.395 e. The molecule has 112 valence electrons. The maximum absolute atomic E-state index is 13.5. The molecule has 1 saturated heterocycles. The first-order chi connectivity index (χ1) is 10.1. The van der Waals surface area contributed by atoms with E-state index in [0.29, 0.717) is 24.3 Å². The molecule has 0 aliphatic carbocycles. The number of hydrogen-bond donors (Lipinski definition) is 1. The minimum absolute atomic E-state index is 0.0774. The molecular formula is C15H18FN3O2. The zero-order valence-corrected chi connectivity index (χ0v) is 11.9. The lowest BCUT2D eigenvalue weighted by Gasteiger charge is -2.21. The molecule has 0 bridgehead atoms. The number of aromatic nitrogens is 2. The predicted molar refractivity (Wildman–Crippen MR) is 77.0 cm³/mol. The molecule has 0 radical (unpaired) electrons. The average Bonchev–Trinajstić information content (AvgIpc) is 2.80. The van der Waals surface area contributed by atoms with Gasteiger partial charge < -0.3 is 5.11 Å². The van der Waals surface area contributed by atoms with E-state index in [2.05, 4.69) is 4.98 Å². The second-order valence-corrected chi connectivity index (χ2v) is 5.57. The summed E-state index contributed by atoms with van der Waals surface area (Å²) in [6.45, 7) is 2.48. The molecular weight excluding hydrogens is 273 g/mol. The van der Waals surface area contributed by atoms with E-state index in [1.807, 2.05) is 17.9 Å². The van der Waals surface area contributed by atoms with Crippen molar-refractivity contribution in [3.05, 3.63) is 46.0 Å². The SMILES string of the molecule is Cc1cccn2c(=O)cc(CN3C[C@@H](F)C[C@H]3CO)nc12. The van der Waals surface area contributed by atoms with E-state index in [9.17, 15) is 14.3 Å². The second-order valence-electron chi connectivity index (χ2n) is 5.57. The summed E-state index contributed by atoms with van der Waals surface area (Å²) in [4.78, 5) is 18.5. The summed E-state index contributed by atoms with van der Waals surface area (Å²) >= 11 is 0. The van der Waals surface area contributed by atoms with E-state index in [4.69, 9.17) is 0 Å². The molecule has 2 atom stereocenters. The number of pyridine rings is 1. The van der Waals surface area contributed by atoms with Crippen molar-refractivity contribution in [2.45, 2.75) is 32.1 Å². The summed E-state index contributed by atoms with van der Waals surface area (Å²) in [5.74, 6) is 0. The van der Waals surface area contributed by atoms with Crippen molar-refractivity contribution in [2.75, 3.05) is 13.2 Å². The maximum atomic E-state index is 13.5. The molecule has 2 aromatic rings. The van der Waals surface area contributed by atoms with Gasteiger partial charge in [0.2, 0.25) is 0 Å². The number of aryl methyl sites for hydroxylation is 1. The molecule has 0 saturated carbocycles. The Labute approximate surface area is 121 Å². The molecule has 5 nitrogen and oxygen atoms in total.